The normalized spacial score (nSPS) is 17.4. The summed E-state index contributed by atoms with van der Waals surface area (Å²) < 4.78 is 0. The van der Waals surface area contributed by atoms with Crippen LogP contribution in [0.15, 0.2) is 0 Å². The highest BCUT2D eigenvalue weighted by Gasteiger charge is 2.21. The molecule has 0 bridgehead atoms. The smallest absolute Gasteiger partial charge is 0.0241 e. The highest BCUT2D eigenvalue weighted by molar-refractivity contribution is 4.76. The zero-order valence-corrected chi connectivity index (χ0v) is 11.9. The van der Waals surface area contributed by atoms with E-state index in [4.69, 9.17) is 5.84 Å². The average Bonchev–Trinajstić information content (AvgIpc) is 2.28. The van der Waals surface area contributed by atoms with E-state index >= 15 is 0 Å². The summed E-state index contributed by atoms with van der Waals surface area (Å²) in [6.07, 6.45) is 6.52. The third kappa shape index (κ3) is 5.86. The lowest BCUT2D eigenvalue weighted by Gasteiger charge is -2.29. The van der Waals surface area contributed by atoms with E-state index in [1.165, 1.54) is 32.1 Å². The Morgan fingerprint density at radius 3 is 2.12 bits per heavy atom. The standard InChI is InChI=1S/C14H32N2/c1-6-8-9-13(7-2)10-14(16-15)12(5)11(3)4/h11-14,16H,6-10,15H2,1-5H3. The maximum absolute atomic E-state index is 5.69. The number of rotatable bonds is 9. The van der Waals surface area contributed by atoms with Gasteiger partial charge in [0, 0.05) is 6.04 Å². The Bertz CT molecular complexity index is 157. The largest absolute Gasteiger partial charge is 0.271 e. The van der Waals surface area contributed by atoms with Crippen LogP contribution in [0.2, 0.25) is 0 Å². The fraction of sp³-hybridized carbons (Fsp3) is 1.00. The van der Waals surface area contributed by atoms with Crippen LogP contribution in [0.5, 0.6) is 0 Å². The number of nitrogens with two attached hydrogens (primary N) is 1. The molecule has 3 unspecified atom stereocenters. The molecule has 0 saturated carbocycles. The maximum Gasteiger partial charge on any atom is 0.0241 e. The van der Waals surface area contributed by atoms with E-state index in [-0.39, 0.29) is 0 Å². The molecule has 0 aliphatic carbocycles. The van der Waals surface area contributed by atoms with Crippen molar-refractivity contribution in [2.24, 2.45) is 23.6 Å². The minimum Gasteiger partial charge on any atom is -0.271 e. The van der Waals surface area contributed by atoms with Gasteiger partial charge in [0.1, 0.15) is 0 Å². The van der Waals surface area contributed by atoms with Gasteiger partial charge in [0.25, 0.3) is 0 Å². The zero-order valence-electron chi connectivity index (χ0n) is 11.9. The summed E-state index contributed by atoms with van der Waals surface area (Å²) in [5, 5.41) is 0. The van der Waals surface area contributed by atoms with Crippen LogP contribution in [-0.4, -0.2) is 6.04 Å². The van der Waals surface area contributed by atoms with Gasteiger partial charge in [-0.05, 0) is 24.2 Å². The van der Waals surface area contributed by atoms with Crippen LogP contribution in [0.4, 0.5) is 0 Å². The van der Waals surface area contributed by atoms with Crippen molar-refractivity contribution >= 4 is 0 Å². The monoisotopic (exact) mass is 228 g/mol. The van der Waals surface area contributed by atoms with Crippen molar-refractivity contribution in [1.82, 2.24) is 5.43 Å². The fourth-order valence-electron chi connectivity index (χ4n) is 2.24. The van der Waals surface area contributed by atoms with Gasteiger partial charge in [-0.2, -0.15) is 0 Å². The van der Waals surface area contributed by atoms with Gasteiger partial charge in [0.15, 0.2) is 0 Å². The lowest BCUT2D eigenvalue weighted by molar-refractivity contribution is 0.245. The minimum atomic E-state index is 0.474. The number of unbranched alkanes of at least 4 members (excludes halogenated alkanes) is 1. The summed E-state index contributed by atoms with van der Waals surface area (Å²) in [7, 11) is 0. The predicted octanol–water partition coefficient (Wildman–Crippen LogP) is 3.72. The van der Waals surface area contributed by atoms with Crippen LogP contribution in [0.3, 0.4) is 0 Å². The van der Waals surface area contributed by atoms with Crippen molar-refractivity contribution in [2.75, 3.05) is 0 Å². The van der Waals surface area contributed by atoms with Crippen molar-refractivity contribution < 1.29 is 0 Å². The summed E-state index contributed by atoms with van der Waals surface area (Å²) in [4.78, 5) is 0. The Balaban J connectivity index is 4.15. The van der Waals surface area contributed by atoms with Gasteiger partial charge in [-0.3, -0.25) is 11.3 Å². The van der Waals surface area contributed by atoms with Crippen LogP contribution in [-0.2, 0) is 0 Å². The Hall–Kier alpha value is -0.0800. The molecule has 0 heterocycles. The second-order valence-corrected chi connectivity index (χ2v) is 5.53. The molecule has 0 rings (SSSR count). The first-order valence-corrected chi connectivity index (χ1v) is 7.02. The van der Waals surface area contributed by atoms with Crippen molar-refractivity contribution in [2.45, 2.75) is 72.8 Å². The van der Waals surface area contributed by atoms with Crippen LogP contribution in [0.1, 0.15) is 66.7 Å². The number of nitrogens with one attached hydrogen (secondary N) is 1. The van der Waals surface area contributed by atoms with E-state index in [2.05, 4.69) is 40.0 Å². The third-order valence-corrected chi connectivity index (χ3v) is 4.03. The molecule has 3 N–H and O–H groups in total. The molecule has 2 heteroatoms. The maximum atomic E-state index is 5.69. The highest BCUT2D eigenvalue weighted by Crippen LogP contribution is 2.24. The molecule has 0 aromatic rings. The van der Waals surface area contributed by atoms with Crippen molar-refractivity contribution in [3.8, 4) is 0 Å². The van der Waals surface area contributed by atoms with E-state index in [9.17, 15) is 0 Å². The second kappa shape index (κ2) is 9.00. The molecular weight excluding hydrogens is 196 g/mol. The third-order valence-electron chi connectivity index (χ3n) is 4.03. The second-order valence-electron chi connectivity index (χ2n) is 5.53. The Morgan fingerprint density at radius 1 is 1.12 bits per heavy atom. The van der Waals surface area contributed by atoms with Gasteiger partial charge in [0.05, 0.1) is 0 Å². The van der Waals surface area contributed by atoms with E-state index in [1.54, 1.807) is 0 Å². The van der Waals surface area contributed by atoms with E-state index in [1.807, 2.05) is 0 Å². The molecule has 2 nitrogen and oxygen atoms in total. The van der Waals surface area contributed by atoms with Crippen molar-refractivity contribution in [1.29, 1.82) is 0 Å². The number of hydrogen-bond acceptors (Lipinski definition) is 2. The van der Waals surface area contributed by atoms with Crippen molar-refractivity contribution in [3.05, 3.63) is 0 Å². The molecule has 0 aromatic heterocycles. The topological polar surface area (TPSA) is 38.0 Å². The summed E-state index contributed by atoms with van der Waals surface area (Å²) in [6, 6.07) is 0.474. The predicted molar refractivity (Wildman–Crippen MR) is 73.0 cm³/mol. The van der Waals surface area contributed by atoms with Crippen LogP contribution < -0.4 is 11.3 Å². The van der Waals surface area contributed by atoms with Crippen molar-refractivity contribution in [3.63, 3.8) is 0 Å². The quantitative estimate of drug-likeness (QED) is 0.466. The summed E-state index contributed by atoms with van der Waals surface area (Å²) in [6.45, 7) is 11.4. The molecule has 16 heavy (non-hydrogen) atoms. The molecule has 0 amide bonds. The molecule has 0 aliphatic rings. The molecule has 3 atom stereocenters. The van der Waals surface area contributed by atoms with Crippen LogP contribution in [0, 0.1) is 17.8 Å². The van der Waals surface area contributed by atoms with Crippen LogP contribution >= 0.6 is 0 Å². The number of hydrogen-bond donors (Lipinski definition) is 2. The Morgan fingerprint density at radius 2 is 1.75 bits per heavy atom. The molecule has 0 aliphatic heterocycles. The zero-order chi connectivity index (χ0) is 12.6. The van der Waals surface area contributed by atoms with Gasteiger partial charge < -0.3 is 0 Å². The summed E-state index contributed by atoms with van der Waals surface area (Å²) in [5.41, 5.74) is 3.02. The molecule has 0 saturated heterocycles. The molecule has 0 spiro atoms. The van der Waals surface area contributed by atoms with Gasteiger partial charge in [-0.25, -0.2) is 0 Å². The number of hydrazine groups is 1. The first kappa shape index (κ1) is 15.9. The van der Waals surface area contributed by atoms with Gasteiger partial charge in [0.2, 0.25) is 0 Å². The molecule has 0 fully saturated rings. The molecule has 98 valence electrons. The van der Waals surface area contributed by atoms with Crippen LogP contribution in [0.25, 0.3) is 0 Å². The first-order valence-electron chi connectivity index (χ1n) is 7.02. The Kier molecular flexibility index (Phi) is 8.96. The SMILES string of the molecule is CCCCC(CC)CC(NN)C(C)C(C)C. The van der Waals surface area contributed by atoms with E-state index < -0.39 is 0 Å². The lowest BCUT2D eigenvalue weighted by atomic mass is 9.83. The average molecular weight is 228 g/mol. The van der Waals surface area contributed by atoms with E-state index in [0.717, 1.165) is 5.92 Å². The Labute approximate surface area is 102 Å². The molecule has 0 aromatic carbocycles. The first-order chi connectivity index (χ1) is 7.56. The molecule has 0 radical (unpaired) electrons. The van der Waals surface area contributed by atoms with Gasteiger partial charge in [-0.1, -0.05) is 60.3 Å². The van der Waals surface area contributed by atoms with E-state index in [0.29, 0.717) is 17.9 Å². The summed E-state index contributed by atoms with van der Waals surface area (Å²) in [5.74, 6) is 7.88. The fourth-order valence-corrected chi connectivity index (χ4v) is 2.24. The highest BCUT2D eigenvalue weighted by atomic mass is 15.2. The lowest BCUT2D eigenvalue weighted by Crippen LogP contribution is -2.42. The van der Waals surface area contributed by atoms with Gasteiger partial charge in [-0.15, -0.1) is 0 Å². The summed E-state index contributed by atoms with van der Waals surface area (Å²) >= 11 is 0. The minimum absolute atomic E-state index is 0.474. The molecular formula is C14H32N2. The van der Waals surface area contributed by atoms with Gasteiger partial charge >= 0.3 is 0 Å².